The SMILES string of the molecule is CC(C)NCc1cnc(N2CCC(O)C(C)C2)nc1. The summed E-state index contributed by atoms with van der Waals surface area (Å²) in [7, 11) is 0. The first kappa shape index (κ1) is 14.2. The lowest BCUT2D eigenvalue weighted by Crippen LogP contribution is -2.42. The summed E-state index contributed by atoms with van der Waals surface area (Å²) in [4.78, 5) is 11.0. The number of anilines is 1. The van der Waals surface area contributed by atoms with E-state index >= 15 is 0 Å². The molecule has 106 valence electrons. The van der Waals surface area contributed by atoms with Crippen molar-refractivity contribution < 1.29 is 5.11 Å². The van der Waals surface area contributed by atoms with Crippen LogP contribution in [0.15, 0.2) is 12.4 Å². The van der Waals surface area contributed by atoms with Crippen molar-refractivity contribution in [3.05, 3.63) is 18.0 Å². The van der Waals surface area contributed by atoms with Crippen molar-refractivity contribution in [1.82, 2.24) is 15.3 Å². The van der Waals surface area contributed by atoms with Gasteiger partial charge in [0.25, 0.3) is 0 Å². The van der Waals surface area contributed by atoms with Crippen molar-refractivity contribution in [2.75, 3.05) is 18.0 Å². The second-order valence-electron chi connectivity index (χ2n) is 5.71. The van der Waals surface area contributed by atoms with Crippen LogP contribution in [0.2, 0.25) is 0 Å². The maximum atomic E-state index is 9.73. The zero-order valence-electron chi connectivity index (χ0n) is 12.0. The van der Waals surface area contributed by atoms with Crippen molar-refractivity contribution in [1.29, 1.82) is 0 Å². The van der Waals surface area contributed by atoms with E-state index < -0.39 is 0 Å². The Bertz CT molecular complexity index is 393. The Morgan fingerprint density at radius 1 is 1.42 bits per heavy atom. The first-order valence-corrected chi connectivity index (χ1v) is 7.03. The van der Waals surface area contributed by atoms with Crippen molar-refractivity contribution in [2.45, 2.75) is 45.9 Å². The molecule has 0 radical (unpaired) electrons. The van der Waals surface area contributed by atoms with Gasteiger partial charge in [0, 0.05) is 43.6 Å². The van der Waals surface area contributed by atoms with Crippen LogP contribution >= 0.6 is 0 Å². The minimum Gasteiger partial charge on any atom is -0.393 e. The summed E-state index contributed by atoms with van der Waals surface area (Å²) in [6.45, 7) is 8.76. The lowest BCUT2D eigenvalue weighted by molar-refractivity contribution is 0.0966. The summed E-state index contributed by atoms with van der Waals surface area (Å²) in [6, 6.07) is 0.462. The second kappa shape index (κ2) is 6.30. The Morgan fingerprint density at radius 2 is 2.11 bits per heavy atom. The summed E-state index contributed by atoms with van der Waals surface area (Å²) < 4.78 is 0. The summed E-state index contributed by atoms with van der Waals surface area (Å²) in [5.41, 5.74) is 1.10. The number of nitrogens with one attached hydrogen (secondary N) is 1. The van der Waals surface area contributed by atoms with Gasteiger partial charge in [0.1, 0.15) is 0 Å². The van der Waals surface area contributed by atoms with Crippen LogP contribution in [0.3, 0.4) is 0 Å². The minimum absolute atomic E-state index is 0.189. The van der Waals surface area contributed by atoms with E-state index in [9.17, 15) is 5.11 Å². The normalized spacial score (nSPS) is 23.9. The second-order valence-corrected chi connectivity index (χ2v) is 5.71. The topological polar surface area (TPSA) is 61.3 Å². The van der Waals surface area contributed by atoms with E-state index in [-0.39, 0.29) is 12.0 Å². The third kappa shape index (κ3) is 3.88. The van der Waals surface area contributed by atoms with Gasteiger partial charge in [-0.15, -0.1) is 0 Å². The maximum absolute atomic E-state index is 9.73. The molecule has 5 nitrogen and oxygen atoms in total. The molecule has 0 bridgehead atoms. The van der Waals surface area contributed by atoms with Gasteiger partial charge < -0.3 is 15.3 Å². The Morgan fingerprint density at radius 3 is 2.68 bits per heavy atom. The molecule has 1 fully saturated rings. The van der Waals surface area contributed by atoms with Gasteiger partial charge in [0.2, 0.25) is 5.95 Å². The highest BCUT2D eigenvalue weighted by atomic mass is 16.3. The highest BCUT2D eigenvalue weighted by molar-refractivity contribution is 5.31. The number of hydrogen-bond donors (Lipinski definition) is 2. The molecule has 0 spiro atoms. The van der Waals surface area contributed by atoms with Crippen molar-refractivity contribution in [3.63, 3.8) is 0 Å². The third-order valence-corrected chi connectivity index (χ3v) is 3.55. The number of hydrogen-bond acceptors (Lipinski definition) is 5. The fourth-order valence-corrected chi connectivity index (χ4v) is 2.24. The largest absolute Gasteiger partial charge is 0.393 e. The Kier molecular flexibility index (Phi) is 4.71. The smallest absolute Gasteiger partial charge is 0.225 e. The van der Waals surface area contributed by atoms with E-state index in [1.54, 1.807) is 0 Å². The number of aliphatic hydroxyl groups excluding tert-OH is 1. The first-order chi connectivity index (χ1) is 9.06. The molecule has 19 heavy (non-hydrogen) atoms. The van der Waals surface area contributed by atoms with Gasteiger partial charge in [-0.2, -0.15) is 0 Å². The lowest BCUT2D eigenvalue weighted by Gasteiger charge is -2.34. The quantitative estimate of drug-likeness (QED) is 0.855. The maximum Gasteiger partial charge on any atom is 0.225 e. The molecule has 1 aliphatic rings. The van der Waals surface area contributed by atoms with E-state index in [4.69, 9.17) is 0 Å². The van der Waals surface area contributed by atoms with Crippen molar-refractivity contribution in [2.24, 2.45) is 5.92 Å². The predicted octanol–water partition coefficient (Wildman–Crippen LogP) is 1.18. The minimum atomic E-state index is -0.189. The average Bonchev–Trinajstić information content (AvgIpc) is 2.40. The molecule has 0 amide bonds. The fraction of sp³-hybridized carbons (Fsp3) is 0.714. The van der Waals surface area contributed by atoms with E-state index in [0.717, 1.165) is 37.6 Å². The van der Waals surface area contributed by atoms with Gasteiger partial charge in [-0.05, 0) is 12.3 Å². The van der Waals surface area contributed by atoms with Crippen LogP contribution in [-0.4, -0.2) is 40.3 Å². The third-order valence-electron chi connectivity index (χ3n) is 3.55. The van der Waals surface area contributed by atoms with Gasteiger partial charge in [-0.3, -0.25) is 0 Å². The zero-order valence-corrected chi connectivity index (χ0v) is 12.0. The molecule has 1 saturated heterocycles. The van der Waals surface area contributed by atoms with Crippen LogP contribution in [0.1, 0.15) is 32.8 Å². The predicted molar refractivity (Wildman–Crippen MR) is 76.0 cm³/mol. The van der Waals surface area contributed by atoms with Crippen molar-refractivity contribution in [3.8, 4) is 0 Å². The zero-order chi connectivity index (χ0) is 13.8. The standard InChI is InChI=1S/C14H24N4O/c1-10(2)15-6-12-7-16-14(17-8-12)18-5-4-13(19)11(3)9-18/h7-8,10-11,13,15,19H,4-6,9H2,1-3H3. The molecule has 2 rings (SSSR count). The van der Waals surface area contributed by atoms with Crippen LogP contribution in [-0.2, 0) is 6.54 Å². The molecule has 2 unspecified atom stereocenters. The van der Waals surface area contributed by atoms with Gasteiger partial charge in [-0.1, -0.05) is 20.8 Å². The van der Waals surface area contributed by atoms with Gasteiger partial charge in [-0.25, -0.2) is 9.97 Å². The van der Waals surface area contributed by atoms with Gasteiger partial charge in [0.05, 0.1) is 6.10 Å². The summed E-state index contributed by atoms with van der Waals surface area (Å²) in [5.74, 6) is 1.05. The van der Waals surface area contributed by atoms with Crippen LogP contribution < -0.4 is 10.2 Å². The Labute approximate surface area is 115 Å². The molecule has 1 aromatic rings. The van der Waals surface area contributed by atoms with E-state index in [2.05, 4.69) is 41.0 Å². The molecule has 5 heteroatoms. The highest BCUT2D eigenvalue weighted by Gasteiger charge is 2.25. The van der Waals surface area contributed by atoms with Crippen molar-refractivity contribution >= 4 is 5.95 Å². The fourth-order valence-electron chi connectivity index (χ4n) is 2.24. The monoisotopic (exact) mass is 264 g/mol. The molecule has 2 N–H and O–H groups in total. The van der Waals surface area contributed by atoms with E-state index in [0.29, 0.717) is 6.04 Å². The van der Waals surface area contributed by atoms with E-state index in [1.165, 1.54) is 0 Å². The molecule has 0 aromatic carbocycles. The highest BCUT2D eigenvalue weighted by Crippen LogP contribution is 2.20. The molecule has 2 heterocycles. The average molecular weight is 264 g/mol. The van der Waals surface area contributed by atoms with Crippen LogP contribution in [0, 0.1) is 5.92 Å². The van der Waals surface area contributed by atoms with Crippen LogP contribution in [0.5, 0.6) is 0 Å². The Balaban J connectivity index is 1.94. The first-order valence-electron chi connectivity index (χ1n) is 7.03. The molecular formula is C14H24N4O. The van der Waals surface area contributed by atoms with Crippen LogP contribution in [0.4, 0.5) is 5.95 Å². The molecule has 1 aromatic heterocycles. The molecule has 0 saturated carbocycles. The number of aromatic nitrogens is 2. The summed E-state index contributed by atoms with van der Waals surface area (Å²) in [6.07, 6.45) is 4.37. The number of nitrogens with zero attached hydrogens (tertiary/aromatic N) is 3. The number of piperidine rings is 1. The molecule has 2 atom stereocenters. The summed E-state index contributed by atoms with van der Waals surface area (Å²) >= 11 is 0. The van der Waals surface area contributed by atoms with Crippen LogP contribution in [0.25, 0.3) is 0 Å². The molecule has 1 aliphatic heterocycles. The lowest BCUT2D eigenvalue weighted by atomic mass is 9.97. The molecular weight excluding hydrogens is 240 g/mol. The van der Waals surface area contributed by atoms with Gasteiger partial charge >= 0.3 is 0 Å². The van der Waals surface area contributed by atoms with Gasteiger partial charge in [0.15, 0.2) is 0 Å². The molecule has 0 aliphatic carbocycles. The number of rotatable bonds is 4. The number of aliphatic hydroxyl groups is 1. The van der Waals surface area contributed by atoms with E-state index in [1.807, 2.05) is 12.4 Å². The summed E-state index contributed by atoms with van der Waals surface area (Å²) in [5, 5.41) is 13.1. The Hall–Kier alpha value is -1.20.